The lowest BCUT2D eigenvalue weighted by atomic mass is 9.90. The van der Waals surface area contributed by atoms with E-state index in [4.69, 9.17) is 17.3 Å². The topological polar surface area (TPSA) is 26.0 Å². The molecule has 0 bridgehead atoms. The van der Waals surface area contributed by atoms with Crippen LogP contribution < -0.4 is 5.73 Å². The van der Waals surface area contributed by atoms with Gasteiger partial charge >= 0.3 is 0 Å². The van der Waals surface area contributed by atoms with Gasteiger partial charge in [-0.1, -0.05) is 38.3 Å². The SMILES string of the molecule is CCCC(CCC)C(N)c1ccc(Cl)s1. The van der Waals surface area contributed by atoms with Crippen LogP contribution in [0.5, 0.6) is 0 Å². The average Bonchev–Trinajstić information content (AvgIpc) is 2.63. The molecule has 3 heteroatoms. The molecule has 0 aromatic carbocycles. The molecule has 0 saturated carbocycles. The molecule has 1 aromatic rings. The number of hydrogen-bond donors (Lipinski definition) is 1. The van der Waals surface area contributed by atoms with Crippen LogP contribution in [0.1, 0.15) is 50.4 Å². The highest BCUT2D eigenvalue weighted by Gasteiger charge is 2.19. The molecule has 0 fully saturated rings. The third kappa shape index (κ3) is 3.78. The quantitative estimate of drug-likeness (QED) is 0.778. The molecule has 0 aliphatic carbocycles. The first-order chi connectivity index (χ1) is 7.19. The van der Waals surface area contributed by atoms with Gasteiger partial charge in [-0.05, 0) is 30.9 Å². The first-order valence-corrected chi connectivity index (χ1v) is 6.89. The van der Waals surface area contributed by atoms with E-state index < -0.39 is 0 Å². The lowest BCUT2D eigenvalue weighted by molar-refractivity contribution is 0.372. The second kappa shape index (κ2) is 6.51. The van der Waals surface area contributed by atoms with Gasteiger partial charge in [0.1, 0.15) is 0 Å². The first-order valence-electron chi connectivity index (χ1n) is 5.69. The lowest BCUT2D eigenvalue weighted by Gasteiger charge is -2.22. The van der Waals surface area contributed by atoms with Gasteiger partial charge in [0, 0.05) is 10.9 Å². The highest BCUT2D eigenvalue weighted by Crippen LogP contribution is 2.33. The Morgan fingerprint density at radius 1 is 1.27 bits per heavy atom. The van der Waals surface area contributed by atoms with E-state index in [1.165, 1.54) is 30.6 Å². The normalized spacial score (nSPS) is 13.4. The molecule has 0 radical (unpaired) electrons. The Hall–Kier alpha value is -0.0500. The van der Waals surface area contributed by atoms with E-state index in [2.05, 4.69) is 19.9 Å². The van der Waals surface area contributed by atoms with Gasteiger partial charge in [0.25, 0.3) is 0 Å². The minimum Gasteiger partial charge on any atom is -0.323 e. The smallest absolute Gasteiger partial charge is 0.0931 e. The van der Waals surface area contributed by atoms with Crippen molar-refractivity contribution in [1.82, 2.24) is 0 Å². The summed E-state index contributed by atoms with van der Waals surface area (Å²) in [4.78, 5) is 1.23. The van der Waals surface area contributed by atoms with Gasteiger partial charge in [-0.2, -0.15) is 0 Å². The number of rotatable bonds is 6. The van der Waals surface area contributed by atoms with Crippen molar-refractivity contribution in [3.05, 3.63) is 21.3 Å². The number of hydrogen-bond acceptors (Lipinski definition) is 2. The summed E-state index contributed by atoms with van der Waals surface area (Å²) in [6.07, 6.45) is 4.84. The summed E-state index contributed by atoms with van der Waals surface area (Å²) in [5.74, 6) is 0.606. The molecule has 1 unspecified atom stereocenters. The maximum atomic E-state index is 6.28. The van der Waals surface area contributed by atoms with E-state index in [1.54, 1.807) is 11.3 Å². The summed E-state index contributed by atoms with van der Waals surface area (Å²) in [6.45, 7) is 4.44. The zero-order valence-corrected chi connectivity index (χ0v) is 11.1. The van der Waals surface area contributed by atoms with Crippen molar-refractivity contribution in [2.24, 2.45) is 11.7 Å². The lowest BCUT2D eigenvalue weighted by Crippen LogP contribution is -2.20. The fourth-order valence-corrected chi connectivity index (χ4v) is 3.14. The zero-order chi connectivity index (χ0) is 11.3. The third-order valence-electron chi connectivity index (χ3n) is 2.75. The van der Waals surface area contributed by atoms with Crippen molar-refractivity contribution >= 4 is 22.9 Å². The molecule has 1 nitrogen and oxygen atoms in total. The monoisotopic (exact) mass is 245 g/mol. The summed E-state index contributed by atoms with van der Waals surface area (Å²) in [6, 6.07) is 4.18. The molecule has 0 aliphatic rings. The van der Waals surface area contributed by atoms with E-state index >= 15 is 0 Å². The predicted octanol–water partition coefficient (Wildman–Crippen LogP) is 4.62. The molecule has 1 atom stereocenters. The number of nitrogens with two attached hydrogens (primary N) is 1. The Morgan fingerprint density at radius 3 is 2.27 bits per heavy atom. The van der Waals surface area contributed by atoms with Crippen LogP contribution in [0.4, 0.5) is 0 Å². The van der Waals surface area contributed by atoms with Gasteiger partial charge in [0.05, 0.1) is 4.34 Å². The van der Waals surface area contributed by atoms with E-state index in [0.717, 1.165) is 4.34 Å². The number of thiophene rings is 1. The fourth-order valence-electron chi connectivity index (χ4n) is 1.98. The van der Waals surface area contributed by atoms with E-state index in [0.29, 0.717) is 5.92 Å². The molecule has 0 saturated heterocycles. The Kier molecular flexibility index (Phi) is 5.65. The van der Waals surface area contributed by atoms with Gasteiger partial charge in [-0.25, -0.2) is 0 Å². The summed E-state index contributed by atoms with van der Waals surface area (Å²) < 4.78 is 0.840. The van der Waals surface area contributed by atoms with Crippen LogP contribution in [0.25, 0.3) is 0 Å². The van der Waals surface area contributed by atoms with Crippen LogP contribution in [0.15, 0.2) is 12.1 Å². The van der Waals surface area contributed by atoms with E-state index in [-0.39, 0.29) is 6.04 Å². The van der Waals surface area contributed by atoms with Crippen molar-refractivity contribution in [2.75, 3.05) is 0 Å². The van der Waals surface area contributed by atoms with E-state index in [9.17, 15) is 0 Å². The van der Waals surface area contributed by atoms with Crippen LogP contribution in [0, 0.1) is 5.92 Å². The Balaban J connectivity index is 2.66. The standard InChI is InChI=1S/C12H20ClNS/c1-3-5-9(6-4-2)12(14)10-7-8-11(13)15-10/h7-9,12H,3-6,14H2,1-2H3. The highest BCUT2D eigenvalue weighted by molar-refractivity contribution is 7.16. The molecular weight excluding hydrogens is 226 g/mol. The summed E-state index contributed by atoms with van der Waals surface area (Å²) in [5.41, 5.74) is 6.28. The average molecular weight is 246 g/mol. The molecule has 1 aromatic heterocycles. The third-order valence-corrected chi connectivity index (χ3v) is 4.08. The van der Waals surface area contributed by atoms with Gasteiger partial charge < -0.3 is 5.73 Å². The fraction of sp³-hybridized carbons (Fsp3) is 0.667. The second-order valence-electron chi connectivity index (χ2n) is 4.01. The summed E-state index contributed by atoms with van der Waals surface area (Å²) in [7, 11) is 0. The minimum absolute atomic E-state index is 0.169. The molecular formula is C12H20ClNS. The summed E-state index contributed by atoms with van der Waals surface area (Å²) in [5, 5.41) is 0. The van der Waals surface area contributed by atoms with Gasteiger partial charge in [-0.15, -0.1) is 11.3 Å². The highest BCUT2D eigenvalue weighted by atomic mass is 35.5. The molecule has 0 amide bonds. The van der Waals surface area contributed by atoms with Gasteiger partial charge in [0.2, 0.25) is 0 Å². The predicted molar refractivity (Wildman–Crippen MR) is 69.6 cm³/mol. The van der Waals surface area contributed by atoms with E-state index in [1.807, 2.05) is 6.07 Å². The van der Waals surface area contributed by atoms with Gasteiger partial charge in [-0.3, -0.25) is 0 Å². The van der Waals surface area contributed by atoms with Crippen molar-refractivity contribution in [2.45, 2.75) is 45.6 Å². The number of halogens is 1. The van der Waals surface area contributed by atoms with Crippen molar-refractivity contribution in [1.29, 1.82) is 0 Å². The Morgan fingerprint density at radius 2 is 1.87 bits per heavy atom. The molecule has 0 aliphatic heterocycles. The largest absolute Gasteiger partial charge is 0.323 e. The van der Waals surface area contributed by atoms with Crippen LogP contribution in [0.2, 0.25) is 4.34 Å². The zero-order valence-electron chi connectivity index (χ0n) is 9.50. The molecule has 1 heterocycles. The first kappa shape index (κ1) is 13.0. The second-order valence-corrected chi connectivity index (χ2v) is 5.75. The van der Waals surface area contributed by atoms with Crippen LogP contribution >= 0.6 is 22.9 Å². The van der Waals surface area contributed by atoms with Crippen LogP contribution in [0.3, 0.4) is 0 Å². The Bertz CT molecular complexity index is 279. The molecule has 86 valence electrons. The van der Waals surface area contributed by atoms with Crippen molar-refractivity contribution < 1.29 is 0 Å². The maximum absolute atomic E-state index is 6.28. The minimum atomic E-state index is 0.169. The van der Waals surface area contributed by atoms with Crippen LogP contribution in [-0.2, 0) is 0 Å². The molecule has 15 heavy (non-hydrogen) atoms. The molecule has 2 N–H and O–H groups in total. The molecule has 0 spiro atoms. The molecule has 1 rings (SSSR count). The van der Waals surface area contributed by atoms with Gasteiger partial charge in [0.15, 0.2) is 0 Å². The van der Waals surface area contributed by atoms with Crippen molar-refractivity contribution in [3.8, 4) is 0 Å². The Labute approximate surface area is 102 Å². The maximum Gasteiger partial charge on any atom is 0.0931 e. The van der Waals surface area contributed by atoms with Crippen molar-refractivity contribution in [3.63, 3.8) is 0 Å². The summed E-state index contributed by atoms with van der Waals surface area (Å²) >= 11 is 7.54. The van der Waals surface area contributed by atoms with Crippen LogP contribution in [-0.4, -0.2) is 0 Å².